The summed E-state index contributed by atoms with van der Waals surface area (Å²) >= 11 is 0. The third kappa shape index (κ3) is 4.58. The number of nitrogens with zero attached hydrogens (tertiary/aromatic N) is 2. The lowest BCUT2D eigenvalue weighted by atomic mass is 10.00. The van der Waals surface area contributed by atoms with E-state index in [9.17, 15) is 0 Å². The second kappa shape index (κ2) is 7.21. The number of piperazine rings is 1. The van der Waals surface area contributed by atoms with E-state index in [-0.39, 0.29) is 0 Å². The number of hydrazine groups is 1. The summed E-state index contributed by atoms with van der Waals surface area (Å²) < 4.78 is 0. The summed E-state index contributed by atoms with van der Waals surface area (Å²) in [4.78, 5) is 2.38. The van der Waals surface area contributed by atoms with Crippen molar-refractivity contribution in [1.82, 2.24) is 15.3 Å². The van der Waals surface area contributed by atoms with Crippen molar-refractivity contribution in [3.8, 4) is 0 Å². The molecule has 0 aromatic heterocycles. The fourth-order valence-electron chi connectivity index (χ4n) is 2.70. The zero-order valence-corrected chi connectivity index (χ0v) is 13.4. The van der Waals surface area contributed by atoms with Gasteiger partial charge < -0.3 is 4.90 Å². The van der Waals surface area contributed by atoms with E-state index in [0.717, 1.165) is 32.1 Å². The van der Waals surface area contributed by atoms with Crippen LogP contribution in [0.4, 0.5) is 0 Å². The Bertz CT molecular complexity index is 391. The maximum absolute atomic E-state index is 3.62. The lowest BCUT2D eigenvalue weighted by Crippen LogP contribution is -2.51. The van der Waals surface area contributed by atoms with Gasteiger partial charge >= 0.3 is 0 Å². The van der Waals surface area contributed by atoms with Gasteiger partial charge in [-0.1, -0.05) is 38.1 Å². The van der Waals surface area contributed by atoms with Gasteiger partial charge in [-0.05, 0) is 37.4 Å². The Hall–Kier alpha value is -0.900. The Kier molecular flexibility index (Phi) is 5.58. The molecule has 1 heterocycles. The molecule has 3 nitrogen and oxygen atoms in total. The van der Waals surface area contributed by atoms with Crippen LogP contribution < -0.4 is 5.43 Å². The van der Waals surface area contributed by atoms with Crippen LogP contribution in [0.5, 0.6) is 0 Å². The Morgan fingerprint density at radius 2 is 1.60 bits per heavy atom. The molecule has 3 heteroatoms. The predicted molar refractivity (Wildman–Crippen MR) is 85.6 cm³/mol. The summed E-state index contributed by atoms with van der Waals surface area (Å²) in [6.07, 6.45) is 1.17. The zero-order chi connectivity index (χ0) is 14.5. The Balaban J connectivity index is 1.87. The van der Waals surface area contributed by atoms with Gasteiger partial charge in [0.25, 0.3) is 0 Å². The molecule has 0 amide bonds. The van der Waals surface area contributed by atoms with Gasteiger partial charge in [0.05, 0.1) is 0 Å². The molecule has 112 valence electrons. The van der Waals surface area contributed by atoms with E-state index in [1.165, 1.54) is 17.5 Å². The van der Waals surface area contributed by atoms with E-state index in [0.29, 0.717) is 6.04 Å². The Morgan fingerprint density at radius 1 is 1.00 bits per heavy atom. The van der Waals surface area contributed by atoms with Crippen LogP contribution in [0.15, 0.2) is 24.3 Å². The zero-order valence-electron chi connectivity index (χ0n) is 13.4. The fraction of sp³-hybridized carbons (Fsp3) is 0.647. The van der Waals surface area contributed by atoms with Crippen molar-refractivity contribution in [2.24, 2.45) is 5.92 Å². The highest BCUT2D eigenvalue weighted by atomic mass is 15.5. The molecule has 0 aliphatic carbocycles. The van der Waals surface area contributed by atoms with Crippen LogP contribution in [0.1, 0.15) is 37.9 Å². The summed E-state index contributed by atoms with van der Waals surface area (Å²) in [6.45, 7) is 11.3. The molecule has 0 spiro atoms. The molecule has 20 heavy (non-hydrogen) atoms. The highest BCUT2D eigenvalue weighted by molar-refractivity contribution is 5.24. The van der Waals surface area contributed by atoms with Gasteiger partial charge in [0, 0.05) is 32.2 Å². The topological polar surface area (TPSA) is 18.5 Å². The second-order valence-corrected chi connectivity index (χ2v) is 6.48. The standard InChI is InChI=1S/C17H29N3/c1-14(2)13-16-5-7-17(8-6-16)15(3)18-20-11-9-19(4)10-12-20/h5-8,14-15,18H,9-13H2,1-4H3. The Morgan fingerprint density at radius 3 is 2.15 bits per heavy atom. The van der Waals surface area contributed by atoms with E-state index in [1.54, 1.807) is 0 Å². The maximum Gasteiger partial charge on any atom is 0.0436 e. The molecule has 1 aliphatic rings. The average Bonchev–Trinajstić information content (AvgIpc) is 2.41. The SMILES string of the molecule is CC(C)Cc1ccc(C(C)NN2CCN(C)CC2)cc1. The number of benzene rings is 1. The highest BCUT2D eigenvalue weighted by Gasteiger charge is 2.16. The second-order valence-electron chi connectivity index (χ2n) is 6.48. The van der Waals surface area contributed by atoms with Crippen molar-refractivity contribution in [2.75, 3.05) is 33.2 Å². The average molecular weight is 275 g/mol. The fourth-order valence-corrected chi connectivity index (χ4v) is 2.70. The molecule has 1 aromatic rings. The summed E-state index contributed by atoms with van der Waals surface area (Å²) in [5.74, 6) is 0.724. The van der Waals surface area contributed by atoms with Crippen LogP contribution >= 0.6 is 0 Å². The normalized spacial score (nSPS) is 19.4. The molecular weight excluding hydrogens is 246 g/mol. The number of hydrogen-bond donors (Lipinski definition) is 1. The third-order valence-electron chi connectivity index (χ3n) is 4.00. The molecule has 0 radical (unpaired) electrons. The number of hydrogen-bond acceptors (Lipinski definition) is 3. The Labute approximate surface area is 123 Å². The minimum atomic E-state index is 0.381. The largest absolute Gasteiger partial charge is 0.304 e. The molecular formula is C17H29N3. The molecule has 1 N–H and O–H groups in total. The van der Waals surface area contributed by atoms with Gasteiger partial charge in [-0.3, -0.25) is 0 Å². The maximum atomic E-state index is 3.62. The van der Waals surface area contributed by atoms with Crippen molar-refractivity contribution >= 4 is 0 Å². The molecule has 1 saturated heterocycles. The van der Waals surface area contributed by atoms with E-state index < -0.39 is 0 Å². The van der Waals surface area contributed by atoms with E-state index in [4.69, 9.17) is 0 Å². The number of likely N-dealkylation sites (N-methyl/N-ethyl adjacent to an activating group) is 1. The quantitative estimate of drug-likeness (QED) is 0.891. The molecule has 1 fully saturated rings. The van der Waals surface area contributed by atoms with Gasteiger partial charge in [0.15, 0.2) is 0 Å². The molecule has 1 aliphatic heterocycles. The predicted octanol–water partition coefficient (Wildman–Crippen LogP) is 2.70. The van der Waals surface area contributed by atoms with Crippen molar-refractivity contribution in [2.45, 2.75) is 33.2 Å². The van der Waals surface area contributed by atoms with Crippen LogP contribution in [0.2, 0.25) is 0 Å². The first kappa shape index (κ1) is 15.5. The van der Waals surface area contributed by atoms with Gasteiger partial charge in [-0.25, -0.2) is 10.4 Å². The van der Waals surface area contributed by atoms with E-state index in [1.807, 2.05) is 0 Å². The summed E-state index contributed by atoms with van der Waals surface area (Å²) in [5, 5.41) is 2.35. The van der Waals surface area contributed by atoms with Crippen molar-refractivity contribution in [3.05, 3.63) is 35.4 Å². The van der Waals surface area contributed by atoms with Crippen molar-refractivity contribution < 1.29 is 0 Å². The molecule has 1 aromatic carbocycles. The molecule has 0 saturated carbocycles. The minimum Gasteiger partial charge on any atom is -0.304 e. The molecule has 0 bridgehead atoms. The van der Waals surface area contributed by atoms with E-state index >= 15 is 0 Å². The van der Waals surface area contributed by atoms with Gasteiger partial charge in [0.2, 0.25) is 0 Å². The minimum absolute atomic E-state index is 0.381. The number of nitrogens with one attached hydrogen (secondary N) is 1. The molecule has 1 unspecified atom stereocenters. The summed E-state index contributed by atoms with van der Waals surface area (Å²) in [7, 11) is 2.19. The van der Waals surface area contributed by atoms with Crippen molar-refractivity contribution in [3.63, 3.8) is 0 Å². The lowest BCUT2D eigenvalue weighted by Gasteiger charge is -2.34. The highest BCUT2D eigenvalue weighted by Crippen LogP contribution is 2.16. The van der Waals surface area contributed by atoms with E-state index in [2.05, 4.69) is 67.4 Å². The number of rotatable bonds is 5. The summed E-state index contributed by atoms with van der Waals surface area (Å²) in [5.41, 5.74) is 6.43. The van der Waals surface area contributed by atoms with Gasteiger partial charge in [-0.15, -0.1) is 0 Å². The third-order valence-corrected chi connectivity index (χ3v) is 4.00. The smallest absolute Gasteiger partial charge is 0.0436 e. The van der Waals surface area contributed by atoms with Crippen molar-refractivity contribution in [1.29, 1.82) is 0 Å². The van der Waals surface area contributed by atoms with Crippen LogP contribution in [0.3, 0.4) is 0 Å². The first-order valence-corrected chi connectivity index (χ1v) is 7.83. The first-order chi connectivity index (χ1) is 9.54. The van der Waals surface area contributed by atoms with Crippen LogP contribution in [-0.4, -0.2) is 43.1 Å². The lowest BCUT2D eigenvalue weighted by molar-refractivity contribution is 0.0899. The first-order valence-electron chi connectivity index (χ1n) is 7.83. The van der Waals surface area contributed by atoms with Crippen LogP contribution in [0.25, 0.3) is 0 Å². The van der Waals surface area contributed by atoms with Gasteiger partial charge in [-0.2, -0.15) is 0 Å². The monoisotopic (exact) mass is 275 g/mol. The molecule has 2 rings (SSSR count). The summed E-state index contributed by atoms with van der Waals surface area (Å²) in [6, 6.07) is 9.47. The molecule has 1 atom stereocenters. The van der Waals surface area contributed by atoms with Crippen LogP contribution in [-0.2, 0) is 6.42 Å². The van der Waals surface area contributed by atoms with Gasteiger partial charge in [0.1, 0.15) is 0 Å². The van der Waals surface area contributed by atoms with Crippen LogP contribution in [0, 0.1) is 5.92 Å².